The molecule has 0 aliphatic heterocycles. The number of hydrogen-bond donors (Lipinski definition) is 1. The van der Waals surface area contributed by atoms with Crippen LogP contribution in [0.4, 0.5) is 0 Å². The van der Waals surface area contributed by atoms with Gasteiger partial charge in [0, 0.05) is 13.1 Å². The predicted octanol–water partition coefficient (Wildman–Crippen LogP) is 3.32. The van der Waals surface area contributed by atoms with E-state index in [4.69, 9.17) is 4.74 Å². The first-order chi connectivity index (χ1) is 13.0. The highest BCUT2D eigenvalue weighted by Crippen LogP contribution is 2.13. The normalized spacial score (nSPS) is 11.5. The number of carbonyl (C=O) groups is 2. The fraction of sp³-hybridized carbons (Fsp3) is 0.364. The molecular formula is C22H28N2O3. The van der Waals surface area contributed by atoms with E-state index < -0.39 is 6.04 Å². The molecule has 0 aliphatic rings. The van der Waals surface area contributed by atoms with Gasteiger partial charge in [0.1, 0.15) is 11.8 Å². The summed E-state index contributed by atoms with van der Waals surface area (Å²) < 4.78 is 5.59. The van der Waals surface area contributed by atoms with Crippen LogP contribution in [-0.4, -0.2) is 35.9 Å². The second-order valence-corrected chi connectivity index (χ2v) is 6.58. The molecule has 1 atom stereocenters. The van der Waals surface area contributed by atoms with Crippen LogP contribution in [0.2, 0.25) is 0 Å². The molecule has 0 bridgehead atoms. The number of nitrogens with zero attached hydrogens (tertiary/aromatic N) is 1. The monoisotopic (exact) mass is 368 g/mol. The van der Waals surface area contributed by atoms with Crippen LogP contribution >= 0.6 is 0 Å². The summed E-state index contributed by atoms with van der Waals surface area (Å²) in [6.07, 6.45) is 0.849. The largest absolute Gasteiger partial charge is 0.484 e. The van der Waals surface area contributed by atoms with Gasteiger partial charge in [0.25, 0.3) is 5.91 Å². The summed E-state index contributed by atoms with van der Waals surface area (Å²) in [7, 11) is 0. The van der Waals surface area contributed by atoms with Crippen molar-refractivity contribution in [1.82, 2.24) is 10.2 Å². The summed E-state index contributed by atoms with van der Waals surface area (Å²) in [5.41, 5.74) is 2.13. The van der Waals surface area contributed by atoms with Gasteiger partial charge in [0.2, 0.25) is 5.91 Å². The zero-order chi connectivity index (χ0) is 19.6. The number of aryl methyl sites for hydroxylation is 1. The molecule has 144 valence electrons. The molecule has 0 radical (unpaired) electrons. The zero-order valence-electron chi connectivity index (χ0n) is 16.3. The molecule has 2 rings (SSSR count). The highest BCUT2D eigenvalue weighted by atomic mass is 16.5. The zero-order valence-corrected chi connectivity index (χ0v) is 16.3. The second kappa shape index (κ2) is 10.4. The maximum atomic E-state index is 12.8. The van der Waals surface area contributed by atoms with E-state index in [-0.39, 0.29) is 18.4 Å². The Bertz CT molecular complexity index is 729. The number of hydrogen-bond acceptors (Lipinski definition) is 3. The van der Waals surface area contributed by atoms with E-state index in [1.54, 1.807) is 24.0 Å². The van der Waals surface area contributed by atoms with Crippen molar-refractivity contribution in [3.05, 3.63) is 65.7 Å². The molecule has 0 heterocycles. The molecule has 0 spiro atoms. The molecule has 0 aliphatic carbocycles. The van der Waals surface area contributed by atoms with Crippen molar-refractivity contribution in [2.45, 2.75) is 39.8 Å². The summed E-state index contributed by atoms with van der Waals surface area (Å²) in [4.78, 5) is 26.8. The Balaban J connectivity index is 2.10. The molecule has 2 aromatic rings. The highest BCUT2D eigenvalue weighted by molar-refractivity contribution is 5.87. The van der Waals surface area contributed by atoms with Gasteiger partial charge in [-0.3, -0.25) is 9.59 Å². The second-order valence-electron chi connectivity index (χ2n) is 6.58. The van der Waals surface area contributed by atoms with Gasteiger partial charge in [-0.05, 0) is 38.0 Å². The molecule has 0 unspecified atom stereocenters. The van der Waals surface area contributed by atoms with Crippen LogP contribution in [0, 0.1) is 6.92 Å². The topological polar surface area (TPSA) is 58.6 Å². The third-order valence-electron chi connectivity index (χ3n) is 4.30. The predicted molar refractivity (Wildman–Crippen MR) is 106 cm³/mol. The van der Waals surface area contributed by atoms with Gasteiger partial charge < -0.3 is 15.0 Å². The standard InChI is InChI=1S/C22H28N2O3/c1-4-14-23-22(26)18(3)24(15-19-12-10-17(2)11-13-19)21(25)16-27-20-8-6-5-7-9-20/h5-13,18H,4,14-16H2,1-3H3,(H,23,26)/t18-/m0/s1. The Morgan fingerprint density at radius 3 is 2.37 bits per heavy atom. The molecule has 0 saturated carbocycles. The Morgan fingerprint density at radius 2 is 1.74 bits per heavy atom. The smallest absolute Gasteiger partial charge is 0.261 e. The molecule has 0 saturated heterocycles. The van der Waals surface area contributed by atoms with Crippen molar-refractivity contribution < 1.29 is 14.3 Å². The van der Waals surface area contributed by atoms with Gasteiger partial charge in [0.15, 0.2) is 6.61 Å². The lowest BCUT2D eigenvalue weighted by Crippen LogP contribution is -2.49. The molecule has 1 N–H and O–H groups in total. The minimum atomic E-state index is -0.579. The third kappa shape index (κ3) is 6.44. The average molecular weight is 368 g/mol. The van der Waals surface area contributed by atoms with E-state index in [9.17, 15) is 9.59 Å². The van der Waals surface area contributed by atoms with Crippen molar-refractivity contribution in [2.24, 2.45) is 0 Å². The molecule has 5 heteroatoms. The lowest BCUT2D eigenvalue weighted by molar-refractivity contribution is -0.142. The average Bonchev–Trinajstić information content (AvgIpc) is 2.70. The van der Waals surface area contributed by atoms with Crippen LogP contribution in [-0.2, 0) is 16.1 Å². The number of para-hydroxylation sites is 1. The van der Waals surface area contributed by atoms with Crippen molar-refractivity contribution >= 4 is 11.8 Å². The molecule has 2 amide bonds. The highest BCUT2D eigenvalue weighted by Gasteiger charge is 2.26. The summed E-state index contributed by atoms with van der Waals surface area (Å²) in [6.45, 7) is 6.60. The first kappa shape index (κ1) is 20.5. The van der Waals surface area contributed by atoms with Gasteiger partial charge in [-0.2, -0.15) is 0 Å². The minimum absolute atomic E-state index is 0.110. The number of benzene rings is 2. The fourth-order valence-corrected chi connectivity index (χ4v) is 2.61. The van der Waals surface area contributed by atoms with Gasteiger partial charge >= 0.3 is 0 Å². The van der Waals surface area contributed by atoms with Crippen LogP contribution in [0.3, 0.4) is 0 Å². The van der Waals surface area contributed by atoms with Gasteiger partial charge in [0.05, 0.1) is 0 Å². The molecule has 27 heavy (non-hydrogen) atoms. The molecular weight excluding hydrogens is 340 g/mol. The Labute approximate surface area is 161 Å². The summed E-state index contributed by atoms with van der Waals surface area (Å²) in [5, 5.41) is 2.86. The first-order valence-electron chi connectivity index (χ1n) is 9.31. The van der Waals surface area contributed by atoms with Gasteiger partial charge in [-0.1, -0.05) is 55.0 Å². The van der Waals surface area contributed by atoms with Gasteiger partial charge in [-0.15, -0.1) is 0 Å². The van der Waals surface area contributed by atoms with Crippen molar-refractivity contribution in [3.63, 3.8) is 0 Å². The van der Waals surface area contributed by atoms with Crippen molar-refractivity contribution in [2.75, 3.05) is 13.2 Å². The fourth-order valence-electron chi connectivity index (χ4n) is 2.61. The van der Waals surface area contributed by atoms with Crippen LogP contribution < -0.4 is 10.1 Å². The number of nitrogens with one attached hydrogen (secondary N) is 1. The molecule has 2 aromatic carbocycles. The van der Waals surface area contributed by atoms with Crippen LogP contribution in [0.15, 0.2) is 54.6 Å². The van der Waals surface area contributed by atoms with Crippen LogP contribution in [0.5, 0.6) is 5.75 Å². The Hall–Kier alpha value is -2.82. The Kier molecular flexibility index (Phi) is 7.86. The maximum absolute atomic E-state index is 12.8. The van der Waals surface area contributed by atoms with Gasteiger partial charge in [-0.25, -0.2) is 0 Å². The molecule has 0 fully saturated rings. The molecule has 0 aromatic heterocycles. The van der Waals surface area contributed by atoms with E-state index in [0.29, 0.717) is 18.8 Å². The number of ether oxygens (including phenoxy) is 1. The number of rotatable bonds is 9. The SMILES string of the molecule is CCCNC(=O)[C@H](C)N(Cc1ccc(C)cc1)C(=O)COc1ccccc1. The van der Waals surface area contributed by atoms with E-state index in [1.807, 2.05) is 56.3 Å². The summed E-state index contributed by atoms with van der Waals surface area (Å²) in [5.74, 6) is 0.250. The van der Waals surface area contributed by atoms with Crippen LogP contribution in [0.25, 0.3) is 0 Å². The maximum Gasteiger partial charge on any atom is 0.261 e. The van der Waals surface area contributed by atoms with E-state index in [2.05, 4.69) is 5.32 Å². The van der Waals surface area contributed by atoms with Crippen molar-refractivity contribution in [3.8, 4) is 5.75 Å². The number of amides is 2. The lowest BCUT2D eigenvalue weighted by atomic mass is 10.1. The quantitative estimate of drug-likeness (QED) is 0.739. The van der Waals surface area contributed by atoms with E-state index in [0.717, 1.165) is 17.5 Å². The van der Waals surface area contributed by atoms with E-state index >= 15 is 0 Å². The third-order valence-corrected chi connectivity index (χ3v) is 4.30. The first-order valence-corrected chi connectivity index (χ1v) is 9.31. The number of carbonyl (C=O) groups excluding carboxylic acids is 2. The van der Waals surface area contributed by atoms with Crippen molar-refractivity contribution in [1.29, 1.82) is 0 Å². The lowest BCUT2D eigenvalue weighted by Gasteiger charge is -2.28. The summed E-state index contributed by atoms with van der Waals surface area (Å²) in [6, 6.07) is 16.6. The summed E-state index contributed by atoms with van der Waals surface area (Å²) >= 11 is 0. The Morgan fingerprint density at radius 1 is 1.07 bits per heavy atom. The molecule has 5 nitrogen and oxygen atoms in total. The minimum Gasteiger partial charge on any atom is -0.484 e. The van der Waals surface area contributed by atoms with E-state index in [1.165, 1.54) is 0 Å². The van der Waals surface area contributed by atoms with Crippen LogP contribution in [0.1, 0.15) is 31.4 Å².